The molecule has 0 atom stereocenters. The largest absolute Gasteiger partial charge is 0.371 e. The molecule has 1 aliphatic carbocycles. The summed E-state index contributed by atoms with van der Waals surface area (Å²) in [6.45, 7) is 2.03. The number of carbonyl (C=O) groups is 1. The van der Waals surface area contributed by atoms with Crippen molar-refractivity contribution in [1.29, 1.82) is 0 Å². The number of benzene rings is 1. The molecule has 1 aromatic rings. The summed E-state index contributed by atoms with van der Waals surface area (Å²) >= 11 is 0. The normalized spacial score (nSPS) is 19.8. The Bertz CT molecular complexity index is 506. The number of anilines is 2. The molecule has 114 valence electrons. The van der Waals surface area contributed by atoms with E-state index in [-0.39, 0.29) is 17.6 Å². The zero-order chi connectivity index (χ0) is 14.7. The lowest BCUT2D eigenvalue weighted by Crippen LogP contribution is -2.29. The molecule has 3 nitrogen and oxygen atoms in total. The van der Waals surface area contributed by atoms with Gasteiger partial charge in [0.1, 0.15) is 5.82 Å². The van der Waals surface area contributed by atoms with Crippen LogP contribution in [0.15, 0.2) is 18.2 Å². The van der Waals surface area contributed by atoms with Crippen LogP contribution in [-0.4, -0.2) is 19.0 Å². The fourth-order valence-electron chi connectivity index (χ4n) is 3.38. The van der Waals surface area contributed by atoms with Gasteiger partial charge in [0.15, 0.2) is 0 Å². The molecule has 0 aromatic heterocycles. The van der Waals surface area contributed by atoms with Crippen LogP contribution in [0.5, 0.6) is 0 Å². The molecule has 21 heavy (non-hydrogen) atoms. The number of nitrogens with one attached hydrogen (secondary N) is 1. The number of hydrogen-bond donors (Lipinski definition) is 1. The fraction of sp³-hybridized carbons (Fsp3) is 0.588. The highest BCUT2D eigenvalue weighted by Crippen LogP contribution is 2.29. The Morgan fingerprint density at radius 1 is 1.10 bits per heavy atom. The van der Waals surface area contributed by atoms with Crippen LogP contribution in [0.3, 0.4) is 0 Å². The second kappa shape index (κ2) is 6.46. The molecule has 2 aliphatic rings. The molecule has 1 heterocycles. The maximum Gasteiger partial charge on any atom is 0.227 e. The predicted molar refractivity (Wildman–Crippen MR) is 83.1 cm³/mol. The van der Waals surface area contributed by atoms with Gasteiger partial charge in [0, 0.05) is 24.7 Å². The molecule has 0 bridgehead atoms. The van der Waals surface area contributed by atoms with Crippen LogP contribution in [0.2, 0.25) is 0 Å². The third-order valence-electron chi connectivity index (χ3n) is 4.65. The van der Waals surface area contributed by atoms with E-state index in [0.717, 1.165) is 44.5 Å². The standard InChI is InChI=1S/C17H23FN2O/c18-15-9-8-14(20-10-4-1-5-11-20)12-16(15)19-17(21)13-6-2-3-7-13/h8-9,12-13H,1-7,10-11H2,(H,19,21). The Morgan fingerprint density at radius 3 is 2.52 bits per heavy atom. The Labute approximate surface area is 125 Å². The summed E-state index contributed by atoms with van der Waals surface area (Å²) in [5, 5.41) is 2.79. The minimum atomic E-state index is -0.345. The third kappa shape index (κ3) is 3.36. The molecule has 1 amide bonds. The number of piperidine rings is 1. The Kier molecular flexibility index (Phi) is 4.42. The van der Waals surface area contributed by atoms with Crippen molar-refractivity contribution in [2.45, 2.75) is 44.9 Å². The van der Waals surface area contributed by atoms with E-state index >= 15 is 0 Å². The average Bonchev–Trinajstić information content (AvgIpc) is 3.05. The molecule has 1 aromatic carbocycles. The predicted octanol–water partition coefficient (Wildman–Crippen LogP) is 3.94. The highest BCUT2D eigenvalue weighted by Gasteiger charge is 2.23. The Morgan fingerprint density at radius 2 is 1.81 bits per heavy atom. The molecule has 1 aliphatic heterocycles. The van der Waals surface area contributed by atoms with E-state index in [1.807, 2.05) is 6.07 Å². The first kappa shape index (κ1) is 14.4. The molecule has 3 rings (SSSR count). The van der Waals surface area contributed by atoms with E-state index < -0.39 is 0 Å². The second-order valence-corrected chi connectivity index (χ2v) is 6.18. The van der Waals surface area contributed by atoms with Gasteiger partial charge < -0.3 is 10.2 Å². The zero-order valence-corrected chi connectivity index (χ0v) is 12.4. The number of hydrogen-bond acceptors (Lipinski definition) is 2. The van der Waals surface area contributed by atoms with Gasteiger partial charge in [0.25, 0.3) is 0 Å². The van der Waals surface area contributed by atoms with Crippen molar-refractivity contribution in [3.05, 3.63) is 24.0 Å². The monoisotopic (exact) mass is 290 g/mol. The molecule has 0 unspecified atom stereocenters. The van der Waals surface area contributed by atoms with Crippen LogP contribution in [-0.2, 0) is 4.79 Å². The van der Waals surface area contributed by atoms with E-state index in [4.69, 9.17) is 0 Å². The first-order valence-corrected chi connectivity index (χ1v) is 8.09. The van der Waals surface area contributed by atoms with E-state index in [2.05, 4.69) is 10.2 Å². The van der Waals surface area contributed by atoms with Gasteiger partial charge in [-0.25, -0.2) is 4.39 Å². The van der Waals surface area contributed by atoms with Gasteiger partial charge in [-0.15, -0.1) is 0 Å². The van der Waals surface area contributed by atoms with Crippen molar-refractivity contribution >= 4 is 17.3 Å². The van der Waals surface area contributed by atoms with Crippen molar-refractivity contribution in [2.24, 2.45) is 5.92 Å². The minimum absolute atomic E-state index is 0.0257. The molecule has 2 fully saturated rings. The Hall–Kier alpha value is -1.58. The number of carbonyl (C=O) groups excluding carboxylic acids is 1. The molecular weight excluding hydrogens is 267 g/mol. The number of amides is 1. The maximum atomic E-state index is 14.0. The smallest absolute Gasteiger partial charge is 0.227 e. The minimum Gasteiger partial charge on any atom is -0.371 e. The second-order valence-electron chi connectivity index (χ2n) is 6.18. The molecule has 0 radical (unpaired) electrons. The van der Waals surface area contributed by atoms with Crippen LogP contribution >= 0.6 is 0 Å². The van der Waals surface area contributed by atoms with Crippen LogP contribution < -0.4 is 10.2 Å². The summed E-state index contributed by atoms with van der Waals surface area (Å²) in [7, 11) is 0. The summed E-state index contributed by atoms with van der Waals surface area (Å²) in [5.74, 6) is -0.313. The lowest BCUT2D eigenvalue weighted by atomic mass is 10.1. The lowest BCUT2D eigenvalue weighted by molar-refractivity contribution is -0.119. The van der Waals surface area contributed by atoms with Gasteiger partial charge in [0.2, 0.25) is 5.91 Å². The fourth-order valence-corrected chi connectivity index (χ4v) is 3.38. The Balaban J connectivity index is 1.72. The molecule has 1 N–H and O–H groups in total. The summed E-state index contributed by atoms with van der Waals surface area (Å²) in [6, 6.07) is 5.06. The van der Waals surface area contributed by atoms with Gasteiger partial charge in [0.05, 0.1) is 5.69 Å². The quantitative estimate of drug-likeness (QED) is 0.914. The summed E-state index contributed by atoms with van der Waals surface area (Å²) in [4.78, 5) is 14.4. The van der Waals surface area contributed by atoms with E-state index in [1.165, 1.54) is 25.3 Å². The average molecular weight is 290 g/mol. The molecule has 1 saturated carbocycles. The van der Waals surface area contributed by atoms with Gasteiger partial charge in [-0.1, -0.05) is 12.8 Å². The first-order valence-electron chi connectivity index (χ1n) is 8.09. The summed E-state index contributed by atoms with van der Waals surface area (Å²) in [5.41, 5.74) is 1.34. The summed E-state index contributed by atoms with van der Waals surface area (Å²) < 4.78 is 14.0. The van der Waals surface area contributed by atoms with Crippen molar-refractivity contribution < 1.29 is 9.18 Å². The molecule has 0 spiro atoms. The first-order chi connectivity index (χ1) is 10.2. The lowest BCUT2D eigenvalue weighted by Gasteiger charge is -2.29. The van der Waals surface area contributed by atoms with Gasteiger partial charge in [-0.2, -0.15) is 0 Å². The zero-order valence-electron chi connectivity index (χ0n) is 12.4. The van der Waals surface area contributed by atoms with Crippen molar-refractivity contribution in [3.8, 4) is 0 Å². The molecule has 4 heteroatoms. The van der Waals surface area contributed by atoms with E-state index in [9.17, 15) is 9.18 Å². The highest BCUT2D eigenvalue weighted by atomic mass is 19.1. The van der Waals surface area contributed by atoms with Crippen molar-refractivity contribution in [1.82, 2.24) is 0 Å². The number of rotatable bonds is 3. The highest BCUT2D eigenvalue weighted by molar-refractivity contribution is 5.93. The van der Waals surface area contributed by atoms with Crippen LogP contribution in [0.1, 0.15) is 44.9 Å². The van der Waals surface area contributed by atoms with Crippen LogP contribution in [0.4, 0.5) is 15.8 Å². The number of halogens is 1. The van der Waals surface area contributed by atoms with Crippen molar-refractivity contribution in [2.75, 3.05) is 23.3 Å². The van der Waals surface area contributed by atoms with E-state index in [1.54, 1.807) is 6.07 Å². The third-order valence-corrected chi connectivity index (χ3v) is 4.65. The summed E-state index contributed by atoms with van der Waals surface area (Å²) in [6.07, 6.45) is 7.70. The van der Waals surface area contributed by atoms with Crippen LogP contribution in [0.25, 0.3) is 0 Å². The molecular formula is C17H23FN2O. The van der Waals surface area contributed by atoms with Crippen LogP contribution in [0, 0.1) is 11.7 Å². The maximum absolute atomic E-state index is 14.0. The molecule has 1 saturated heterocycles. The van der Waals surface area contributed by atoms with Gasteiger partial charge in [-0.3, -0.25) is 4.79 Å². The van der Waals surface area contributed by atoms with E-state index in [0.29, 0.717) is 5.69 Å². The van der Waals surface area contributed by atoms with Gasteiger partial charge in [-0.05, 0) is 50.3 Å². The SMILES string of the molecule is O=C(Nc1cc(N2CCCCC2)ccc1F)C1CCCC1. The van der Waals surface area contributed by atoms with Crippen molar-refractivity contribution in [3.63, 3.8) is 0 Å². The number of nitrogens with zero attached hydrogens (tertiary/aromatic N) is 1. The van der Waals surface area contributed by atoms with Gasteiger partial charge >= 0.3 is 0 Å². The topological polar surface area (TPSA) is 32.3 Å².